The standard InChI is InChI=1S/C18H17ClN4O/c1-24-16-5-3-2-4-13(16)12-21-17-10-11-20-18(23-17)22-15-8-6-14(19)7-9-15/h2-11H,12H2,1H3,(H2,20,21,22,23). The van der Waals surface area contributed by atoms with Crippen molar-refractivity contribution in [2.45, 2.75) is 6.54 Å². The molecule has 0 bridgehead atoms. The van der Waals surface area contributed by atoms with E-state index in [1.807, 2.05) is 54.6 Å². The monoisotopic (exact) mass is 340 g/mol. The minimum Gasteiger partial charge on any atom is -0.496 e. The molecule has 0 atom stereocenters. The van der Waals surface area contributed by atoms with Crippen LogP contribution in [-0.4, -0.2) is 17.1 Å². The first-order valence-electron chi connectivity index (χ1n) is 7.46. The highest BCUT2D eigenvalue weighted by Gasteiger charge is 2.03. The Hall–Kier alpha value is -2.79. The number of anilines is 3. The van der Waals surface area contributed by atoms with Crippen molar-refractivity contribution in [1.82, 2.24) is 9.97 Å². The minimum atomic E-state index is 0.516. The van der Waals surface area contributed by atoms with Crippen molar-refractivity contribution in [2.24, 2.45) is 0 Å². The number of benzene rings is 2. The lowest BCUT2D eigenvalue weighted by molar-refractivity contribution is 0.410. The van der Waals surface area contributed by atoms with Gasteiger partial charge in [-0.3, -0.25) is 0 Å². The first-order valence-corrected chi connectivity index (χ1v) is 7.84. The van der Waals surface area contributed by atoms with Crippen LogP contribution in [0.1, 0.15) is 5.56 Å². The van der Waals surface area contributed by atoms with Crippen molar-refractivity contribution >= 4 is 29.1 Å². The van der Waals surface area contributed by atoms with Crippen molar-refractivity contribution in [1.29, 1.82) is 0 Å². The third-order valence-electron chi connectivity index (χ3n) is 3.41. The highest BCUT2D eigenvalue weighted by Crippen LogP contribution is 2.20. The number of methoxy groups -OCH3 is 1. The molecule has 2 N–H and O–H groups in total. The maximum absolute atomic E-state index is 5.88. The molecule has 3 aromatic rings. The number of para-hydroxylation sites is 1. The second-order valence-corrected chi connectivity index (χ2v) is 5.50. The molecule has 1 heterocycles. The Kier molecular flexibility index (Phi) is 5.13. The Morgan fingerprint density at radius 2 is 1.83 bits per heavy atom. The lowest BCUT2D eigenvalue weighted by atomic mass is 10.2. The number of aromatic nitrogens is 2. The topological polar surface area (TPSA) is 59.1 Å². The largest absolute Gasteiger partial charge is 0.496 e. The average Bonchev–Trinajstić information content (AvgIpc) is 2.62. The average molecular weight is 341 g/mol. The van der Waals surface area contributed by atoms with Gasteiger partial charge in [0.05, 0.1) is 7.11 Å². The normalized spacial score (nSPS) is 10.2. The summed E-state index contributed by atoms with van der Waals surface area (Å²) in [4.78, 5) is 8.68. The Bertz CT molecular complexity index is 808. The predicted octanol–water partition coefficient (Wildman–Crippen LogP) is 4.49. The van der Waals surface area contributed by atoms with E-state index < -0.39 is 0 Å². The van der Waals surface area contributed by atoms with Gasteiger partial charge >= 0.3 is 0 Å². The van der Waals surface area contributed by atoms with Crippen LogP contribution in [0, 0.1) is 0 Å². The van der Waals surface area contributed by atoms with E-state index in [1.165, 1.54) is 0 Å². The van der Waals surface area contributed by atoms with Crippen LogP contribution < -0.4 is 15.4 Å². The van der Waals surface area contributed by atoms with Crippen molar-refractivity contribution in [2.75, 3.05) is 17.7 Å². The summed E-state index contributed by atoms with van der Waals surface area (Å²) < 4.78 is 5.35. The van der Waals surface area contributed by atoms with Gasteiger partial charge in [0.1, 0.15) is 11.6 Å². The van der Waals surface area contributed by atoms with Crippen molar-refractivity contribution < 1.29 is 4.74 Å². The van der Waals surface area contributed by atoms with E-state index in [-0.39, 0.29) is 0 Å². The van der Waals surface area contributed by atoms with E-state index in [0.29, 0.717) is 17.5 Å². The zero-order chi connectivity index (χ0) is 16.8. The van der Waals surface area contributed by atoms with Gasteiger partial charge in [-0.25, -0.2) is 4.98 Å². The maximum Gasteiger partial charge on any atom is 0.229 e. The molecule has 6 heteroatoms. The molecule has 0 aliphatic heterocycles. The zero-order valence-electron chi connectivity index (χ0n) is 13.2. The van der Waals surface area contributed by atoms with Crippen LogP contribution in [0.15, 0.2) is 60.8 Å². The third-order valence-corrected chi connectivity index (χ3v) is 3.66. The van der Waals surface area contributed by atoms with Gasteiger partial charge in [0, 0.05) is 29.0 Å². The van der Waals surface area contributed by atoms with E-state index >= 15 is 0 Å². The molecule has 0 radical (unpaired) electrons. The van der Waals surface area contributed by atoms with E-state index in [0.717, 1.165) is 22.8 Å². The molecular weight excluding hydrogens is 324 g/mol. The predicted molar refractivity (Wildman–Crippen MR) is 97.1 cm³/mol. The number of rotatable bonds is 6. The minimum absolute atomic E-state index is 0.516. The van der Waals surface area contributed by atoms with Crippen LogP contribution in [0.3, 0.4) is 0 Å². The molecule has 24 heavy (non-hydrogen) atoms. The van der Waals surface area contributed by atoms with Gasteiger partial charge in [-0.2, -0.15) is 4.98 Å². The van der Waals surface area contributed by atoms with Gasteiger partial charge in [-0.05, 0) is 36.4 Å². The number of hydrogen-bond acceptors (Lipinski definition) is 5. The first kappa shape index (κ1) is 16.1. The van der Waals surface area contributed by atoms with Gasteiger partial charge in [-0.1, -0.05) is 29.8 Å². The Morgan fingerprint density at radius 3 is 2.62 bits per heavy atom. The molecule has 0 aliphatic carbocycles. The lowest BCUT2D eigenvalue weighted by Gasteiger charge is -2.11. The molecule has 0 unspecified atom stereocenters. The molecule has 1 aromatic heterocycles. The van der Waals surface area contributed by atoms with Crippen LogP contribution in [0.4, 0.5) is 17.5 Å². The van der Waals surface area contributed by atoms with Crippen LogP contribution in [0.5, 0.6) is 5.75 Å². The van der Waals surface area contributed by atoms with Gasteiger partial charge in [0.15, 0.2) is 0 Å². The second kappa shape index (κ2) is 7.66. The molecule has 122 valence electrons. The Balaban J connectivity index is 1.68. The number of ether oxygens (including phenoxy) is 1. The number of halogens is 1. The van der Waals surface area contributed by atoms with Gasteiger partial charge < -0.3 is 15.4 Å². The molecule has 2 aromatic carbocycles. The summed E-state index contributed by atoms with van der Waals surface area (Å²) in [5.74, 6) is 2.09. The maximum atomic E-state index is 5.88. The summed E-state index contributed by atoms with van der Waals surface area (Å²) in [6, 6.07) is 17.1. The lowest BCUT2D eigenvalue weighted by Crippen LogP contribution is -2.05. The summed E-state index contributed by atoms with van der Waals surface area (Å²) in [5.41, 5.74) is 1.94. The summed E-state index contributed by atoms with van der Waals surface area (Å²) in [5, 5.41) is 7.11. The number of nitrogens with zero attached hydrogens (tertiary/aromatic N) is 2. The van der Waals surface area contributed by atoms with Gasteiger partial charge in [-0.15, -0.1) is 0 Å². The van der Waals surface area contributed by atoms with Crippen LogP contribution in [0.2, 0.25) is 5.02 Å². The first-order chi connectivity index (χ1) is 11.7. The van der Waals surface area contributed by atoms with Crippen LogP contribution >= 0.6 is 11.6 Å². The molecular formula is C18H17ClN4O. The fourth-order valence-electron chi connectivity index (χ4n) is 2.21. The summed E-state index contributed by atoms with van der Waals surface area (Å²) in [6.45, 7) is 0.613. The molecule has 5 nitrogen and oxygen atoms in total. The molecule has 0 fully saturated rings. The second-order valence-electron chi connectivity index (χ2n) is 5.06. The number of nitrogens with one attached hydrogen (secondary N) is 2. The number of hydrogen-bond donors (Lipinski definition) is 2. The van der Waals surface area contributed by atoms with E-state index in [9.17, 15) is 0 Å². The zero-order valence-corrected chi connectivity index (χ0v) is 13.9. The van der Waals surface area contributed by atoms with Crippen molar-refractivity contribution in [3.63, 3.8) is 0 Å². The molecule has 0 saturated carbocycles. The van der Waals surface area contributed by atoms with Crippen LogP contribution in [0.25, 0.3) is 0 Å². The Labute approximate surface area is 145 Å². The smallest absolute Gasteiger partial charge is 0.229 e. The molecule has 0 amide bonds. The van der Waals surface area contributed by atoms with E-state index in [2.05, 4.69) is 20.6 Å². The molecule has 0 spiro atoms. The van der Waals surface area contributed by atoms with E-state index in [4.69, 9.17) is 16.3 Å². The van der Waals surface area contributed by atoms with Crippen LogP contribution in [-0.2, 0) is 6.54 Å². The molecule has 0 aliphatic rings. The Morgan fingerprint density at radius 1 is 1.04 bits per heavy atom. The highest BCUT2D eigenvalue weighted by molar-refractivity contribution is 6.30. The molecule has 3 rings (SSSR count). The van der Waals surface area contributed by atoms with Gasteiger partial charge in [0.25, 0.3) is 0 Å². The highest BCUT2D eigenvalue weighted by atomic mass is 35.5. The fourth-order valence-corrected chi connectivity index (χ4v) is 2.34. The quantitative estimate of drug-likeness (QED) is 0.692. The van der Waals surface area contributed by atoms with Gasteiger partial charge in [0.2, 0.25) is 5.95 Å². The summed E-state index contributed by atoms with van der Waals surface area (Å²) >= 11 is 5.88. The van der Waals surface area contributed by atoms with Crippen molar-refractivity contribution in [3.8, 4) is 5.75 Å². The SMILES string of the molecule is COc1ccccc1CNc1ccnc(Nc2ccc(Cl)cc2)n1. The summed E-state index contributed by atoms with van der Waals surface area (Å²) in [7, 11) is 1.66. The van der Waals surface area contributed by atoms with Crippen molar-refractivity contribution in [3.05, 3.63) is 71.4 Å². The summed E-state index contributed by atoms with van der Waals surface area (Å²) in [6.07, 6.45) is 1.70. The fraction of sp³-hybridized carbons (Fsp3) is 0.111. The third kappa shape index (κ3) is 4.14. The molecule has 0 saturated heterocycles. The van der Waals surface area contributed by atoms with E-state index in [1.54, 1.807) is 13.3 Å².